The predicted octanol–water partition coefficient (Wildman–Crippen LogP) is 4.44. The molecule has 2 aromatic carbocycles. The van der Waals surface area contributed by atoms with Crippen molar-refractivity contribution in [1.29, 1.82) is 0 Å². The summed E-state index contributed by atoms with van der Waals surface area (Å²) in [4.78, 5) is 6.39. The molecule has 0 aliphatic carbocycles. The SMILES string of the molecule is S=C=NCc1ccc(Sc2ccccc2)cc1. The fraction of sp³-hybridized carbons (Fsp3) is 0.0714. The molecule has 0 amide bonds. The van der Waals surface area contributed by atoms with Crippen LogP contribution in [0.2, 0.25) is 0 Å². The van der Waals surface area contributed by atoms with Gasteiger partial charge in [0.25, 0.3) is 0 Å². The van der Waals surface area contributed by atoms with Crippen LogP contribution in [0.1, 0.15) is 5.56 Å². The number of rotatable bonds is 4. The normalized spacial score (nSPS) is 9.65. The molecular formula is C14H11NS2. The van der Waals surface area contributed by atoms with E-state index < -0.39 is 0 Å². The Morgan fingerprint density at radius 1 is 0.941 bits per heavy atom. The fourth-order valence-electron chi connectivity index (χ4n) is 1.41. The Morgan fingerprint density at radius 2 is 1.59 bits per heavy atom. The van der Waals surface area contributed by atoms with Gasteiger partial charge in [-0.05, 0) is 42.0 Å². The Bertz CT molecular complexity index is 514. The lowest BCUT2D eigenvalue weighted by Crippen LogP contribution is -1.80. The third-order valence-electron chi connectivity index (χ3n) is 2.23. The first-order valence-electron chi connectivity index (χ1n) is 5.24. The van der Waals surface area contributed by atoms with Gasteiger partial charge in [-0.3, -0.25) is 0 Å². The Balaban J connectivity index is 2.05. The first-order chi connectivity index (χ1) is 8.38. The van der Waals surface area contributed by atoms with Crippen molar-refractivity contribution in [3.63, 3.8) is 0 Å². The first-order valence-corrected chi connectivity index (χ1v) is 6.46. The van der Waals surface area contributed by atoms with Crippen LogP contribution in [-0.4, -0.2) is 5.16 Å². The van der Waals surface area contributed by atoms with Gasteiger partial charge in [-0.25, -0.2) is 4.99 Å². The molecule has 0 N–H and O–H groups in total. The van der Waals surface area contributed by atoms with Crippen molar-refractivity contribution >= 4 is 29.1 Å². The lowest BCUT2D eigenvalue weighted by molar-refractivity contribution is 1.08. The van der Waals surface area contributed by atoms with E-state index in [1.54, 1.807) is 11.8 Å². The molecule has 0 aromatic heterocycles. The molecule has 3 heteroatoms. The van der Waals surface area contributed by atoms with Gasteiger partial charge >= 0.3 is 0 Å². The number of hydrogen-bond donors (Lipinski definition) is 0. The Hall–Kier alpha value is -1.41. The van der Waals surface area contributed by atoms with Crippen LogP contribution < -0.4 is 0 Å². The van der Waals surface area contributed by atoms with Crippen molar-refractivity contribution in [3.8, 4) is 0 Å². The highest BCUT2D eigenvalue weighted by molar-refractivity contribution is 7.99. The van der Waals surface area contributed by atoms with Gasteiger partial charge in [0.2, 0.25) is 0 Å². The molecule has 2 rings (SSSR count). The number of benzene rings is 2. The zero-order chi connectivity index (χ0) is 11.9. The highest BCUT2D eigenvalue weighted by atomic mass is 32.2. The summed E-state index contributed by atoms with van der Waals surface area (Å²) in [7, 11) is 0. The average Bonchev–Trinajstić information content (AvgIpc) is 2.39. The molecule has 1 nitrogen and oxygen atoms in total. The maximum Gasteiger partial charge on any atom is 0.0743 e. The minimum absolute atomic E-state index is 0.611. The monoisotopic (exact) mass is 257 g/mol. The summed E-state index contributed by atoms with van der Waals surface area (Å²) in [5.74, 6) is 0. The maximum atomic E-state index is 4.54. The van der Waals surface area contributed by atoms with Crippen LogP contribution in [0.25, 0.3) is 0 Å². The Morgan fingerprint density at radius 3 is 2.24 bits per heavy atom. The highest BCUT2D eigenvalue weighted by Gasteiger charge is 1.96. The van der Waals surface area contributed by atoms with E-state index in [1.807, 2.05) is 18.2 Å². The van der Waals surface area contributed by atoms with Gasteiger partial charge in [0, 0.05) is 9.79 Å². The Kier molecular flexibility index (Phi) is 4.51. The Labute approximate surface area is 111 Å². The van der Waals surface area contributed by atoms with Crippen molar-refractivity contribution in [2.75, 3.05) is 0 Å². The van der Waals surface area contributed by atoms with E-state index in [0.29, 0.717) is 6.54 Å². The predicted molar refractivity (Wildman–Crippen MR) is 75.7 cm³/mol. The summed E-state index contributed by atoms with van der Waals surface area (Å²) in [5.41, 5.74) is 1.15. The van der Waals surface area contributed by atoms with Crippen molar-refractivity contribution < 1.29 is 0 Å². The summed E-state index contributed by atoms with van der Waals surface area (Å²) in [5, 5.41) is 2.37. The molecule has 0 unspecified atom stereocenters. The van der Waals surface area contributed by atoms with Crippen molar-refractivity contribution in [3.05, 3.63) is 60.2 Å². The molecule has 0 fully saturated rings. The molecule has 0 aliphatic rings. The van der Waals surface area contributed by atoms with Crippen LogP contribution >= 0.6 is 24.0 Å². The molecule has 0 spiro atoms. The van der Waals surface area contributed by atoms with Crippen LogP contribution in [0.15, 0.2) is 69.4 Å². The second kappa shape index (κ2) is 6.36. The van der Waals surface area contributed by atoms with E-state index in [4.69, 9.17) is 0 Å². The summed E-state index contributed by atoms with van der Waals surface area (Å²) in [6, 6.07) is 18.7. The van der Waals surface area contributed by atoms with Gasteiger partial charge in [0.05, 0.1) is 11.7 Å². The zero-order valence-electron chi connectivity index (χ0n) is 9.17. The first kappa shape index (κ1) is 12.1. The molecule has 0 saturated heterocycles. The lowest BCUT2D eigenvalue weighted by Gasteiger charge is -2.02. The minimum Gasteiger partial charge on any atom is -0.228 e. The quantitative estimate of drug-likeness (QED) is 0.593. The van der Waals surface area contributed by atoms with Gasteiger partial charge in [-0.1, -0.05) is 42.1 Å². The summed E-state index contributed by atoms with van der Waals surface area (Å²) in [6.45, 7) is 0.611. The smallest absolute Gasteiger partial charge is 0.0743 e. The summed E-state index contributed by atoms with van der Waals surface area (Å²) < 4.78 is 0. The minimum atomic E-state index is 0.611. The van der Waals surface area contributed by atoms with E-state index >= 15 is 0 Å². The molecule has 0 atom stereocenters. The zero-order valence-corrected chi connectivity index (χ0v) is 10.8. The summed E-state index contributed by atoms with van der Waals surface area (Å²) in [6.07, 6.45) is 0. The molecular weight excluding hydrogens is 246 g/mol. The third-order valence-corrected chi connectivity index (χ3v) is 3.37. The third kappa shape index (κ3) is 3.82. The van der Waals surface area contributed by atoms with Gasteiger partial charge < -0.3 is 0 Å². The van der Waals surface area contributed by atoms with Gasteiger partial charge in [-0.15, -0.1) is 0 Å². The van der Waals surface area contributed by atoms with Crippen molar-refractivity contribution in [1.82, 2.24) is 0 Å². The van der Waals surface area contributed by atoms with Crippen molar-refractivity contribution in [2.45, 2.75) is 16.3 Å². The van der Waals surface area contributed by atoms with Gasteiger partial charge in [0.15, 0.2) is 0 Å². The average molecular weight is 257 g/mol. The van der Waals surface area contributed by atoms with Gasteiger partial charge in [-0.2, -0.15) is 0 Å². The van der Waals surface area contributed by atoms with Gasteiger partial charge in [0.1, 0.15) is 0 Å². The molecule has 0 bridgehead atoms. The molecule has 17 heavy (non-hydrogen) atoms. The van der Waals surface area contributed by atoms with Crippen LogP contribution in [0.5, 0.6) is 0 Å². The van der Waals surface area contributed by atoms with E-state index in [2.05, 4.69) is 58.8 Å². The maximum absolute atomic E-state index is 4.54. The molecule has 0 heterocycles. The van der Waals surface area contributed by atoms with E-state index in [0.717, 1.165) is 5.56 Å². The number of aliphatic imine (C=N–C) groups is 1. The largest absolute Gasteiger partial charge is 0.228 e. The molecule has 0 radical (unpaired) electrons. The van der Waals surface area contributed by atoms with Crippen LogP contribution in [0.3, 0.4) is 0 Å². The summed E-state index contributed by atoms with van der Waals surface area (Å²) >= 11 is 6.30. The second-order valence-electron chi connectivity index (χ2n) is 3.47. The molecule has 0 aliphatic heterocycles. The number of nitrogens with zero attached hydrogens (tertiary/aromatic N) is 1. The van der Waals surface area contributed by atoms with Crippen molar-refractivity contribution in [2.24, 2.45) is 4.99 Å². The molecule has 2 aromatic rings. The van der Waals surface area contributed by atoms with Crippen LogP contribution in [0, 0.1) is 0 Å². The highest BCUT2D eigenvalue weighted by Crippen LogP contribution is 2.27. The van der Waals surface area contributed by atoms with Crippen LogP contribution in [0.4, 0.5) is 0 Å². The number of isothiocyanates is 1. The second-order valence-corrected chi connectivity index (χ2v) is 4.80. The van der Waals surface area contributed by atoms with Crippen LogP contribution in [-0.2, 0) is 6.54 Å². The number of hydrogen-bond acceptors (Lipinski definition) is 3. The molecule has 84 valence electrons. The van der Waals surface area contributed by atoms with E-state index in [9.17, 15) is 0 Å². The lowest BCUT2D eigenvalue weighted by atomic mass is 10.2. The topological polar surface area (TPSA) is 12.4 Å². The van der Waals surface area contributed by atoms with E-state index in [1.165, 1.54) is 9.79 Å². The standard InChI is InChI=1S/C14H11NS2/c16-11-15-10-12-6-8-14(9-7-12)17-13-4-2-1-3-5-13/h1-9H,10H2. The van der Waals surface area contributed by atoms with E-state index in [-0.39, 0.29) is 0 Å². The number of thiocarbonyl (C=S) groups is 1. The fourth-order valence-corrected chi connectivity index (χ4v) is 2.31. The molecule has 0 saturated carbocycles.